The van der Waals surface area contributed by atoms with Crippen molar-refractivity contribution in [1.82, 2.24) is 0 Å². The Hall–Kier alpha value is -2.09. The summed E-state index contributed by atoms with van der Waals surface area (Å²) in [6, 6.07) is 1.23. The van der Waals surface area contributed by atoms with Gasteiger partial charge >= 0.3 is 5.97 Å². The van der Waals surface area contributed by atoms with E-state index in [4.69, 9.17) is 21.1 Å². The molecule has 0 saturated heterocycles. The van der Waals surface area contributed by atoms with Crippen LogP contribution in [-0.4, -0.2) is 52.5 Å². The molecule has 7 nitrogen and oxygen atoms in total. The topological polar surface area (TPSA) is 113 Å². The predicted octanol–water partition coefficient (Wildman–Crippen LogP) is 3.19. The van der Waals surface area contributed by atoms with Crippen LogP contribution < -0.4 is 4.74 Å². The van der Waals surface area contributed by atoms with Gasteiger partial charge in [0.05, 0.1) is 18.2 Å². The molecule has 1 aromatic rings. The van der Waals surface area contributed by atoms with E-state index in [1.807, 2.05) is 20.8 Å². The van der Waals surface area contributed by atoms with Crippen LogP contribution in [0.15, 0.2) is 17.7 Å². The van der Waals surface area contributed by atoms with Crippen LogP contribution in [0.2, 0.25) is 5.02 Å². The molecule has 0 spiro atoms. The number of aldehydes is 1. The first-order valence-electron chi connectivity index (χ1n) is 10.7. The van der Waals surface area contributed by atoms with E-state index < -0.39 is 29.2 Å². The third kappa shape index (κ3) is 2.80. The minimum Gasteiger partial charge on any atom is -0.507 e. The monoisotopic (exact) mass is 464 g/mol. The molecule has 0 bridgehead atoms. The molecule has 2 saturated carbocycles. The Morgan fingerprint density at radius 1 is 1.28 bits per heavy atom. The molecule has 0 aromatic heterocycles. The summed E-state index contributed by atoms with van der Waals surface area (Å²) in [5.74, 6) is -1.31. The van der Waals surface area contributed by atoms with Crippen molar-refractivity contribution in [3.8, 4) is 11.5 Å². The molecule has 3 N–H and O–H groups in total. The largest absolute Gasteiger partial charge is 0.507 e. The standard InChI is InChI=1S/C24H29ClO7/c1-11-17(14(27)7-15(31-5)19(11)25)21(29)32-16-9-23(4)18-12(8-22(2,3)20(18)28)6-13(10-26)24(16,23)30/h6-7,10,12,16,18,20,27-28,30H,8-9H2,1-5H3/t12-,16-,18-,20-,23-,24+/m1/s1. The zero-order chi connectivity index (χ0) is 23.8. The first kappa shape index (κ1) is 23.1. The number of halogens is 1. The molecule has 174 valence electrons. The molecule has 6 atom stereocenters. The lowest BCUT2D eigenvalue weighted by molar-refractivity contribution is -0.257. The molecule has 2 fully saturated rings. The van der Waals surface area contributed by atoms with E-state index in [1.54, 1.807) is 13.0 Å². The van der Waals surface area contributed by atoms with Crippen molar-refractivity contribution >= 4 is 23.9 Å². The zero-order valence-corrected chi connectivity index (χ0v) is 19.6. The van der Waals surface area contributed by atoms with Crippen molar-refractivity contribution in [2.24, 2.45) is 22.7 Å². The third-order valence-electron chi connectivity index (χ3n) is 8.12. The number of esters is 1. The number of hydrogen-bond acceptors (Lipinski definition) is 7. The average molecular weight is 465 g/mol. The van der Waals surface area contributed by atoms with Gasteiger partial charge in [-0.1, -0.05) is 38.4 Å². The number of fused-ring (bicyclic) bond motifs is 3. The Morgan fingerprint density at radius 3 is 2.53 bits per heavy atom. The van der Waals surface area contributed by atoms with Crippen LogP contribution in [0.25, 0.3) is 0 Å². The van der Waals surface area contributed by atoms with Crippen LogP contribution in [0.4, 0.5) is 0 Å². The first-order chi connectivity index (χ1) is 14.8. The molecule has 3 aliphatic rings. The molecule has 0 amide bonds. The first-order valence-corrected chi connectivity index (χ1v) is 11.1. The van der Waals surface area contributed by atoms with Gasteiger partial charge in [-0.25, -0.2) is 4.79 Å². The summed E-state index contributed by atoms with van der Waals surface area (Å²) < 4.78 is 10.7. The lowest BCUT2D eigenvalue weighted by atomic mass is 9.44. The second-order valence-electron chi connectivity index (χ2n) is 10.3. The summed E-state index contributed by atoms with van der Waals surface area (Å²) in [4.78, 5) is 25.0. The molecule has 3 aliphatic carbocycles. The van der Waals surface area contributed by atoms with Gasteiger partial charge in [0.2, 0.25) is 0 Å². The van der Waals surface area contributed by atoms with Crippen molar-refractivity contribution in [3.05, 3.63) is 33.9 Å². The molecule has 0 aliphatic heterocycles. The van der Waals surface area contributed by atoms with Crippen LogP contribution in [0.1, 0.15) is 49.5 Å². The van der Waals surface area contributed by atoms with Crippen LogP contribution in [-0.2, 0) is 9.53 Å². The van der Waals surface area contributed by atoms with E-state index in [2.05, 4.69) is 0 Å². The highest BCUT2D eigenvalue weighted by Crippen LogP contribution is 2.68. The SMILES string of the molecule is COc1cc(O)c(C(=O)O[C@@H]2C[C@]3(C)[C@@H]4[C@H](C=C(C=O)[C@]23O)CC(C)(C)[C@@H]4O)c(C)c1Cl. The summed E-state index contributed by atoms with van der Waals surface area (Å²) in [6.45, 7) is 7.34. The fraction of sp³-hybridized carbons (Fsp3) is 0.583. The Labute approximate surface area is 192 Å². The van der Waals surface area contributed by atoms with Gasteiger partial charge in [-0.2, -0.15) is 0 Å². The minimum absolute atomic E-state index is 0.0474. The highest BCUT2D eigenvalue weighted by Gasteiger charge is 2.74. The van der Waals surface area contributed by atoms with Gasteiger partial charge in [0.25, 0.3) is 0 Å². The van der Waals surface area contributed by atoms with E-state index in [9.17, 15) is 24.9 Å². The number of aromatic hydroxyl groups is 1. The average Bonchev–Trinajstić information content (AvgIpc) is 2.95. The summed E-state index contributed by atoms with van der Waals surface area (Å²) in [6.07, 6.45) is 1.64. The third-order valence-corrected chi connectivity index (χ3v) is 8.59. The fourth-order valence-corrected chi connectivity index (χ4v) is 6.57. The molecule has 0 radical (unpaired) electrons. The normalized spacial score (nSPS) is 36.9. The number of benzene rings is 1. The van der Waals surface area contributed by atoms with Crippen LogP contribution in [0.3, 0.4) is 0 Å². The van der Waals surface area contributed by atoms with Gasteiger partial charge in [0, 0.05) is 23.0 Å². The zero-order valence-electron chi connectivity index (χ0n) is 18.8. The molecular weight excluding hydrogens is 436 g/mol. The summed E-state index contributed by atoms with van der Waals surface area (Å²) in [5, 5.41) is 33.3. The quantitative estimate of drug-likeness (QED) is 0.463. The number of carbonyl (C=O) groups excluding carboxylic acids is 2. The fourth-order valence-electron chi connectivity index (χ4n) is 6.34. The number of phenolic OH excluding ortho intramolecular Hbond substituents is 1. The molecule has 32 heavy (non-hydrogen) atoms. The molecule has 0 heterocycles. The maximum Gasteiger partial charge on any atom is 0.342 e. The van der Waals surface area contributed by atoms with E-state index in [-0.39, 0.29) is 56.9 Å². The number of carbonyl (C=O) groups is 2. The van der Waals surface area contributed by atoms with Crippen molar-refractivity contribution in [2.75, 3.05) is 7.11 Å². The van der Waals surface area contributed by atoms with Gasteiger partial charge in [-0.3, -0.25) is 4.79 Å². The Morgan fingerprint density at radius 2 is 1.94 bits per heavy atom. The van der Waals surface area contributed by atoms with Crippen molar-refractivity contribution in [2.45, 2.75) is 58.3 Å². The lowest BCUT2D eigenvalue weighted by Crippen LogP contribution is -2.74. The van der Waals surface area contributed by atoms with Gasteiger partial charge in [-0.05, 0) is 36.7 Å². The minimum atomic E-state index is -1.73. The van der Waals surface area contributed by atoms with E-state index in [0.717, 1.165) is 0 Å². The molecule has 1 aromatic carbocycles. The maximum absolute atomic E-state index is 13.0. The number of phenols is 1. The van der Waals surface area contributed by atoms with Gasteiger partial charge < -0.3 is 24.8 Å². The Bertz CT molecular complexity index is 1030. The Kier molecular flexibility index (Phi) is 5.20. The number of aliphatic hydroxyl groups excluding tert-OH is 1. The van der Waals surface area contributed by atoms with Gasteiger partial charge in [0.1, 0.15) is 35.1 Å². The number of aliphatic hydroxyl groups is 2. The van der Waals surface area contributed by atoms with Crippen LogP contribution >= 0.6 is 11.6 Å². The van der Waals surface area contributed by atoms with Gasteiger partial charge in [0.15, 0.2) is 0 Å². The second kappa shape index (κ2) is 7.20. The second-order valence-corrected chi connectivity index (χ2v) is 10.6. The van der Waals surface area contributed by atoms with E-state index in [0.29, 0.717) is 12.7 Å². The lowest BCUT2D eigenvalue weighted by Gasteiger charge is -2.64. The predicted molar refractivity (Wildman–Crippen MR) is 117 cm³/mol. The van der Waals surface area contributed by atoms with E-state index >= 15 is 0 Å². The summed E-state index contributed by atoms with van der Waals surface area (Å²) in [7, 11) is 1.39. The maximum atomic E-state index is 13.0. The van der Waals surface area contributed by atoms with Crippen molar-refractivity contribution in [1.29, 1.82) is 0 Å². The number of hydrogen-bond donors (Lipinski definition) is 3. The number of allylic oxidation sites excluding steroid dienone is 1. The van der Waals surface area contributed by atoms with E-state index in [1.165, 1.54) is 13.2 Å². The summed E-state index contributed by atoms with van der Waals surface area (Å²) in [5.41, 5.74) is -2.60. The number of rotatable bonds is 4. The Balaban J connectivity index is 1.68. The van der Waals surface area contributed by atoms with Crippen molar-refractivity contribution in [3.63, 3.8) is 0 Å². The summed E-state index contributed by atoms with van der Waals surface area (Å²) >= 11 is 6.23. The number of methoxy groups -OCH3 is 1. The number of ether oxygens (including phenoxy) is 2. The highest BCUT2D eigenvalue weighted by molar-refractivity contribution is 6.33. The van der Waals surface area contributed by atoms with Crippen molar-refractivity contribution < 1.29 is 34.4 Å². The van der Waals surface area contributed by atoms with Crippen LogP contribution in [0, 0.1) is 29.6 Å². The molecule has 0 unspecified atom stereocenters. The molecule has 4 rings (SSSR count). The molecular formula is C24H29ClO7. The molecule has 8 heteroatoms. The van der Waals surface area contributed by atoms with Crippen LogP contribution in [0.5, 0.6) is 11.5 Å². The smallest absolute Gasteiger partial charge is 0.342 e. The highest BCUT2D eigenvalue weighted by atomic mass is 35.5. The van der Waals surface area contributed by atoms with Gasteiger partial charge in [-0.15, -0.1) is 0 Å².